The summed E-state index contributed by atoms with van der Waals surface area (Å²) in [5.74, 6) is 0. The van der Waals surface area contributed by atoms with Crippen LogP contribution in [-0.4, -0.2) is 10.2 Å². The number of hydrogen-bond donors (Lipinski definition) is 1. The van der Waals surface area contributed by atoms with Crippen molar-refractivity contribution in [3.8, 4) is 10.6 Å². The second-order valence-electron chi connectivity index (χ2n) is 5.29. The normalized spacial score (nSPS) is 11.0. The van der Waals surface area contributed by atoms with Crippen LogP contribution in [0, 0.1) is 0 Å². The molecule has 0 unspecified atom stereocenters. The van der Waals surface area contributed by atoms with E-state index in [9.17, 15) is 4.79 Å². The van der Waals surface area contributed by atoms with Crippen LogP contribution in [0.3, 0.4) is 0 Å². The summed E-state index contributed by atoms with van der Waals surface area (Å²) in [4.78, 5) is 12.3. The summed E-state index contributed by atoms with van der Waals surface area (Å²) < 4.78 is 6.26. The Balaban J connectivity index is 1.70. The van der Waals surface area contributed by atoms with Crippen molar-refractivity contribution in [2.75, 3.05) is 5.32 Å². The molecular weight excluding hydrogens is 461 g/mol. The molecule has 5 nitrogen and oxygen atoms in total. The Labute approximate surface area is 169 Å². The largest absolute Gasteiger partial charge is 0.422 e. The topological polar surface area (TPSA) is 68.0 Å². The minimum atomic E-state index is -0.466. The smallest absolute Gasteiger partial charge is 0.346 e. The molecule has 1 N–H and O–H groups in total. The number of fused-ring (bicyclic) bond motifs is 1. The first kappa shape index (κ1) is 17.5. The molecule has 0 aliphatic heterocycles. The maximum atomic E-state index is 12.3. The number of anilines is 2. The summed E-state index contributed by atoms with van der Waals surface area (Å²) >= 11 is 16.7. The van der Waals surface area contributed by atoms with Crippen molar-refractivity contribution >= 4 is 72.3 Å². The molecule has 2 heterocycles. The zero-order valence-electron chi connectivity index (χ0n) is 12.8. The molecule has 0 bridgehead atoms. The van der Waals surface area contributed by atoms with Crippen molar-refractivity contribution in [3.05, 3.63) is 67.4 Å². The highest BCUT2D eigenvalue weighted by molar-refractivity contribution is 9.10. The third-order valence-corrected chi connectivity index (χ3v) is 5.44. The van der Waals surface area contributed by atoms with E-state index in [1.165, 1.54) is 11.3 Å². The summed E-state index contributed by atoms with van der Waals surface area (Å²) in [5, 5.41) is 14.0. The number of halogens is 3. The van der Waals surface area contributed by atoms with Crippen molar-refractivity contribution in [2.24, 2.45) is 0 Å². The molecular formula is C17H8BrCl2N3O2S. The number of nitrogens with one attached hydrogen (secondary N) is 1. The van der Waals surface area contributed by atoms with Crippen LogP contribution < -0.4 is 10.9 Å². The Morgan fingerprint density at radius 2 is 1.92 bits per heavy atom. The van der Waals surface area contributed by atoms with E-state index in [-0.39, 0.29) is 0 Å². The third kappa shape index (κ3) is 3.48. The van der Waals surface area contributed by atoms with E-state index in [1.54, 1.807) is 30.3 Å². The molecule has 0 fully saturated rings. The minimum absolute atomic E-state index is 0.350. The third-order valence-electron chi connectivity index (χ3n) is 3.52. The SMILES string of the molecule is O=c1oc2ccc(Br)cc2cc1-c1nnc(Nc2ccc(Cl)cc2Cl)s1. The van der Waals surface area contributed by atoms with Crippen LogP contribution in [0.5, 0.6) is 0 Å². The van der Waals surface area contributed by atoms with Gasteiger partial charge in [0.05, 0.1) is 16.3 Å². The quantitative estimate of drug-likeness (QED) is 0.366. The van der Waals surface area contributed by atoms with Gasteiger partial charge in [-0.1, -0.05) is 50.5 Å². The monoisotopic (exact) mass is 467 g/mol. The minimum Gasteiger partial charge on any atom is -0.422 e. The standard InChI is InChI=1S/C17H8BrCl2N3O2S/c18-9-1-4-14-8(5-9)6-11(16(24)25-14)15-22-23-17(26-15)21-13-3-2-10(19)7-12(13)20/h1-7H,(H,21,23). The predicted molar refractivity (Wildman–Crippen MR) is 109 cm³/mol. The lowest BCUT2D eigenvalue weighted by Crippen LogP contribution is -2.02. The highest BCUT2D eigenvalue weighted by Crippen LogP contribution is 2.32. The first-order valence-electron chi connectivity index (χ1n) is 7.29. The molecule has 2 aromatic carbocycles. The molecule has 0 radical (unpaired) electrons. The number of hydrogen-bond acceptors (Lipinski definition) is 6. The van der Waals surface area contributed by atoms with Crippen molar-refractivity contribution in [2.45, 2.75) is 0 Å². The van der Waals surface area contributed by atoms with E-state index in [2.05, 4.69) is 31.4 Å². The van der Waals surface area contributed by atoms with Gasteiger partial charge in [0.25, 0.3) is 0 Å². The van der Waals surface area contributed by atoms with Gasteiger partial charge in [-0.05, 0) is 42.5 Å². The van der Waals surface area contributed by atoms with E-state index in [4.69, 9.17) is 27.6 Å². The second-order valence-corrected chi connectivity index (χ2v) is 8.03. The fourth-order valence-corrected chi connectivity index (χ4v) is 3.93. The van der Waals surface area contributed by atoms with Gasteiger partial charge in [-0.15, -0.1) is 10.2 Å². The van der Waals surface area contributed by atoms with Crippen molar-refractivity contribution in [3.63, 3.8) is 0 Å². The lowest BCUT2D eigenvalue weighted by molar-refractivity contribution is 0.563. The molecule has 26 heavy (non-hydrogen) atoms. The maximum absolute atomic E-state index is 12.3. The van der Waals surface area contributed by atoms with Gasteiger partial charge >= 0.3 is 5.63 Å². The molecule has 0 aliphatic rings. The first-order chi connectivity index (χ1) is 12.5. The highest BCUT2D eigenvalue weighted by Gasteiger charge is 2.14. The fraction of sp³-hybridized carbons (Fsp3) is 0. The predicted octanol–water partition coefficient (Wildman–Crippen LogP) is 6.12. The van der Waals surface area contributed by atoms with Crippen molar-refractivity contribution in [1.82, 2.24) is 10.2 Å². The van der Waals surface area contributed by atoms with E-state index in [0.717, 1.165) is 9.86 Å². The molecule has 2 aromatic heterocycles. The molecule has 0 aliphatic carbocycles. The van der Waals surface area contributed by atoms with Crippen molar-refractivity contribution in [1.29, 1.82) is 0 Å². The molecule has 0 saturated heterocycles. The van der Waals surface area contributed by atoms with Crippen LogP contribution in [0.25, 0.3) is 21.5 Å². The Hall–Kier alpha value is -1.93. The van der Waals surface area contributed by atoms with Crippen LogP contribution in [0.1, 0.15) is 0 Å². The van der Waals surface area contributed by atoms with Gasteiger partial charge in [-0.3, -0.25) is 0 Å². The highest BCUT2D eigenvalue weighted by atomic mass is 79.9. The number of benzene rings is 2. The average Bonchev–Trinajstić information content (AvgIpc) is 3.05. The van der Waals surface area contributed by atoms with E-state index < -0.39 is 5.63 Å². The van der Waals surface area contributed by atoms with E-state index in [0.29, 0.717) is 37.0 Å². The van der Waals surface area contributed by atoms with Crippen LogP contribution in [0.2, 0.25) is 10.0 Å². The van der Waals surface area contributed by atoms with E-state index in [1.807, 2.05) is 12.1 Å². The fourth-order valence-electron chi connectivity index (χ4n) is 2.33. The molecule has 0 saturated carbocycles. The Bertz CT molecular complexity index is 1190. The number of aromatic nitrogens is 2. The molecule has 0 amide bonds. The van der Waals surface area contributed by atoms with Gasteiger partial charge in [0.2, 0.25) is 5.13 Å². The molecule has 0 atom stereocenters. The van der Waals surface area contributed by atoms with Gasteiger partial charge in [-0.2, -0.15) is 0 Å². The van der Waals surface area contributed by atoms with Crippen LogP contribution >= 0.6 is 50.5 Å². The van der Waals surface area contributed by atoms with Gasteiger partial charge in [0.1, 0.15) is 5.58 Å². The Morgan fingerprint density at radius 1 is 1.08 bits per heavy atom. The van der Waals surface area contributed by atoms with Gasteiger partial charge in [0.15, 0.2) is 5.01 Å². The summed E-state index contributed by atoms with van der Waals surface area (Å²) in [7, 11) is 0. The molecule has 4 rings (SSSR count). The molecule has 0 spiro atoms. The second kappa shape index (κ2) is 7.00. The lowest BCUT2D eigenvalue weighted by atomic mass is 10.2. The molecule has 9 heteroatoms. The zero-order chi connectivity index (χ0) is 18.3. The maximum Gasteiger partial charge on any atom is 0.346 e. The molecule has 4 aromatic rings. The van der Waals surface area contributed by atoms with Gasteiger partial charge < -0.3 is 9.73 Å². The van der Waals surface area contributed by atoms with Crippen LogP contribution in [0.15, 0.2) is 56.1 Å². The van der Waals surface area contributed by atoms with Gasteiger partial charge in [0, 0.05) is 14.9 Å². The Morgan fingerprint density at radius 3 is 2.73 bits per heavy atom. The number of rotatable bonds is 3. The zero-order valence-corrected chi connectivity index (χ0v) is 16.7. The van der Waals surface area contributed by atoms with Gasteiger partial charge in [-0.25, -0.2) is 4.79 Å². The van der Waals surface area contributed by atoms with Crippen LogP contribution in [0.4, 0.5) is 10.8 Å². The first-order valence-corrected chi connectivity index (χ1v) is 9.65. The van der Waals surface area contributed by atoms with Crippen molar-refractivity contribution < 1.29 is 4.42 Å². The summed E-state index contributed by atoms with van der Waals surface area (Å²) in [6.07, 6.45) is 0. The summed E-state index contributed by atoms with van der Waals surface area (Å²) in [6, 6.07) is 12.2. The lowest BCUT2D eigenvalue weighted by Gasteiger charge is -2.04. The Kier molecular flexibility index (Phi) is 4.71. The average molecular weight is 469 g/mol. The van der Waals surface area contributed by atoms with Crippen LogP contribution in [-0.2, 0) is 0 Å². The van der Waals surface area contributed by atoms with E-state index >= 15 is 0 Å². The summed E-state index contributed by atoms with van der Waals surface area (Å²) in [6.45, 7) is 0. The number of nitrogens with zero attached hydrogens (tertiary/aromatic N) is 2. The summed E-state index contributed by atoms with van der Waals surface area (Å²) in [5.41, 5.74) is 1.04. The molecule has 130 valence electrons.